The van der Waals surface area contributed by atoms with E-state index in [0.29, 0.717) is 29.0 Å². The molecule has 1 aliphatic carbocycles. The Hall–Kier alpha value is -1.84. The van der Waals surface area contributed by atoms with E-state index in [1.807, 2.05) is 0 Å². The normalized spacial score (nSPS) is 25.0. The first-order valence-corrected chi connectivity index (χ1v) is 8.09. The molecule has 0 unspecified atom stereocenters. The lowest BCUT2D eigenvalue weighted by molar-refractivity contribution is -0.123. The highest BCUT2D eigenvalue weighted by molar-refractivity contribution is 5.97. The number of anilines is 1. The Kier molecular flexibility index (Phi) is 5.22. The Morgan fingerprint density at radius 3 is 2.64 bits per heavy atom. The van der Waals surface area contributed by atoms with Crippen molar-refractivity contribution in [3.8, 4) is 0 Å². The molecule has 2 amide bonds. The van der Waals surface area contributed by atoms with Gasteiger partial charge in [0.05, 0.1) is 0 Å². The Morgan fingerprint density at radius 1 is 1.27 bits per heavy atom. The van der Waals surface area contributed by atoms with Crippen LogP contribution in [-0.2, 0) is 4.79 Å². The number of amides is 2. The summed E-state index contributed by atoms with van der Waals surface area (Å²) in [5.74, 6) is 1.13. The highest BCUT2D eigenvalue weighted by Gasteiger charge is 2.35. The Bertz CT molecular complexity index is 554. The first-order chi connectivity index (χ1) is 10.4. The van der Waals surface area contributed by atoms with Gasteiger partial charge in [-0.25, -0.2) is 0 Å². The van der Waals surface area contributed by atoms with E-state index < -0.39 is 5.91 Å². The molecule has 1 aromatic rings. The van der Waals surface area contributed by atoms with Gasteiger partial charge in [0.1, 0.15) is 0 Å². The Balaban J connectivity index is 2.12. The monoisotopic (exact) mass is 302 g/mol. The van der Waals surface area contributed by atoms with E-state index in [-0.39, 0.29) is 11.8 Å². The molecule has 0 aliphatic heterocycles. The van der Waals surface area contributed by atoms with Crippen molar-refractivity contribution < 1.29 is 9.59 Å². The van der Waals surface area contributed by atoms with Gasteiger partial charge in [0.15, 0.2) is 0 Å². The van der Waals surface area contributed by atoms with Gasteiger partial charge in [0.25, 0.3) is 0 Å². The number of hydrogen-bond acceptors (Lipinski definition) is 2. The van der Waals surface area contributed by atoms with Gasteiger partial charge in [-0.3, -0.25) is 9.59 Å². The van der Waals surface area contributed by atoms with E-state index in [1.165, 1.54) is 6.42 Å². The number of carbonyl (C=O) groups is 2. The maximum atomic E-state index is 12.7. The predicted molar refractivity (Wildman–Crippen MR) is 88.4 cm³/mol. The van der Waals surface area contributed by atoms with Crippen molar-refractivity contribution in [3.63, 3.8) is 0 Å². The van der Waals surface area contributed by atoms with Crippen LogP contribution in [0.1, 0.15) is 50.4 Å². The predicted octanol–water partition coefficient (Wildman–Crippen LogP) is 3.43. The van der Waals surface area contributed by atoms with Gasteiger partial charge in [0, 0.05) is 17.2 Å². The summed E-state index contributed by atoms with van der Waals surface area (Å²) < 4.78 is 0. The molecule has 120 valence electrons. The number of nitrogens with two attached hydrogens (primary N) is 1. The summed E-state index contributed by atoms with van der Waals surface area (Å²) >= 11 is 0. The lowest BCUT2D eigenvalue weighted by Crippen LogP contribution is -2.36. The minimum atomic E-state index is -0.484. The average Bonchev–Trinajstić information content (AvgIpc) is 2.47. The second-order valence-corrected chi connectivity index (χ2v) is 6.87. The highest BCUT2D eigenvalue weighted by Crippen LogP contribution is 2.38. The van der Waals surface area contributed by atoms with Crippen molar-refractivity contribution in [2.24, 2.45) is 29.4 Å². The van der Waals surface area contributed by atoms with Crippen LogP contribution in [0.4, 0.5) is 5.69 Å². The molecule has 22 heavy (non-hydrogen) atoms. The van der Waals surface area contributed by atoms with Crippen LogP contribution in [0.2, 0.25) is 0 Å². The molecule has 0 radical (unpaired) electrons. The lowest BCUT2D eigenvalue weighted by Gasteiger charge is -2.36. The topological polar surface area (TPSA) is 72.2 Å². The zero-order chi connectivity index (χ0) is 16.3. The van der Waals surface area contributed by atoms with Crippen LogP contribution in [0.15, 0.2) is 24.3 Å². The van der Waals surface area contributed by atoms with Crippen molar-refractivity contribution in [3.05, 3.63) is 29.8 Å². The van der Waals surface area contributed by atoms with Crippen LogP contribution < -0.4 is 11.1 Å². The van der Waals surface area contributed by atoms with Crippen molar-refractivity contribution in [2.45, 2.75) is 40.0 Å². The SMILES string of the molecule is CC(C)[C@@H]1CC[C@@H](C)C[C@H]1C(=O)Nc1cccc(C(N)=O)c1. The molecule has 1 fully saturated rings. The standard InChI is InChI=1S/C18H26N2O2/c1-11(2)15-8-7-12(3)9-16(15)18(22)20-14-6-4-5-13(10-14)17(19)21/h4-6,10-12,15-16H,7-9H2,1-3H3,(H2,19,21)(H,20,22)/t12-,15+,16-/m1/s1. The molecule has 0 aromatic heterocycles. The summed E-state index contributed by atoms with van der Waals surface area (Å²) in [6.07, 6.45) is 3.24. The molecule has 0 saturated heterocycles. The van der Waals surface area contributed by atoms with E-state index in [2.05, 4.69) is 26.1 Å². The summed E-state index contributed by atoms with van der Waals surface area (Å²) in [5, 5.41) is 2.97. The van der Waals surface area contributed by atoms with Gasteiger partial charge in [0.2, 0.25) is 11.8 Å². The number of benzene rings is 1. The van der Waals surface area contributed by atoms with Crippen LogP contribution in [0.3, 0.4) is 0 Å². The minimum absolute atomic E-state index is 0.0426. The zero-order valence-corrected chi connectivity index (χ0v) is 13.6. The molecule has 0 spiro atoms. The van der Waals surface area contributed by atoms with E-state index >= 15 is 0 Å². The third kappa shape index (κ3) is 3.87. The number of primary amides is 1. The second-order valence-electron chi connectivity index (χ2n) is 6.87. The molecule has 1 saturated carbocycles. The highest BCUT2D eigenvalue weighted by atomic mass is 16.2. The molecule has 3 atom stereocenters. The molecule has 0 heterocycles. The van der Waals surface area contributed by atoms with Crippen LogP contribution in [0.5, 0.6) is 0 Å². The quantitative estimate of drug-likeness (QED) is 0.894. The third-order valence-electron chi connectivity index (χ3n) is 4.77. The van der Waals surface area contributed by atoms with Crippen LogP contribution in [0.25, 0.3) is 0 Å². The molecular weight excluding hydrogens is 276 g/mol. The van der Waals surface area contributed by atoms with Crippen molar-refractivity contribution in [1.29, 1.82) is 0 Å². The number of rotatable bonds is 4. The molecule has 0 bridgehead atoms. The number of hydrogen-bond donors (Lipinski definition) is 2. The van der Waals surface area contributed by atoms with E-state index in [1.54, 1.807) is 24.3 Å². The van der Waals surface area contributed by atoms with Crippen molar-refractivity contribution in [2.75, 3.05) is 5.32 Å². The smallest absolute Gasteiger partial charge is 0.248 e. The second kappa shape index (κ2) is 6.95. The summed E-state index contributed by atoms with van der Waals surface area (Å²) in [6.45, 7) is 6.59. The first-order valence-electron chi connectivity index (χ1n) is 8.09. The van der Waals surface area contributed by atoms with E-state index in [0.717, 1.165) is 12.8 Å². The summed E-state index contributed by atoms with van der Waals surface area (Å²) in [5.41, 5.74) is 6.34. The van der Waals surface area contributed by atoms with Crippen molar-refractivity contribution in [1.82, 2.24) is 0 Å². The van der Waals surface area contributed by atoms with Gasteiger partial charge in [-0.2, -0.15) is 0 Å². The van der Waals surface area contributed by atoms with E-state index in [4.69, 9.17) is 5.73 Å². The van der Waals surface area contributed by atoms with Gasteiger partial charge >= 0.3 is 0 Å². The Morgan fingerprint density at radius 2 is 2.00 bits per heavy atom. The van der Waals surface area contributed by atoms with Crippen molar-refractivity contribution >= 4 is 17.5 Å². The molecule has 1 aliphatic rings. The summed E-state index contributed by atoms with van der Waals surface area (Å²) in [6, 6.07) is 6.81. The molecule has 2 rings (SSSR count). The average molecular weight is 302 g/mol. The fourth-order valence-electron chi connectivity index (χ4n) is 3.49. The summed E-state index contributed by atoms with van der Waals surface area (Å²) in [7, 11) is 0. The first kappa shape index (κ1) is 16.5. The third-order valence-corrected chi connectivity index (χ3v) is 4.77. The van der Waals surface area contributed by atoms with Crippen LogP contribution in [0, 0.1) is 23.7 Å². The molecule has 4 nitrogen and oxygen atoms in total. The fraction of sp³-hybridized carbons (Fsp3) is 0.556. The maximum absolute atomic E-state index is 12.7. The molecule has 3 N–H and O–H groups in total. The fourth-order valence-corrected chi connectivity index (χ4v) is 3.49. The van der Waals surface area contributed by atoms with Gasteiger partial charge < -0.3 is 11.1 Å². The lowest BCUT2D eigenvalue weighted by atomic mass is 9.70. The summed E-state index contributed by atoms with van der Waals surface area (Å²) in [4.78, 5) is 23.9. The zero-order valence-electron chi connectivity index (χ0n) is 13.6. The molecule has 1 aromatic carbocycles. The van der Waals surface area contributed by atoms with Gasteiger partial charge in [-0.05, 0) is 48.8 Å². The number of carbonyl (C=O) groups excluding carboxylic acids is 2. The number of nitrogens with one attached hydrogen (secondary N) is 1. The molecular formula is C18H26N2O2. The van der Waals surface area contributed by atoms with Crippen LogP contribution in [-0.4, -0.2) is 11.8 Å². The van der Waals surface area contributed by atoms with Gasteiger partial charge in [-0.15, -0.1) is 0 Å². The maximum Gasteiger partial charge on any atom is 0.248 e. The minimum Gasteiger partial charge on any atom is -0.366 e. The van der Waals surface area contributed by atoms with Gasteiger partial charge in [-0.1, -0.05) is 33.3 Å². The van der Waals surface area contributed by atoms with E-state index in [9.17, 15) is 9.59 Å². The molecule has 4 heteroatoms. The Labute approximate surface area is 132 Å². The largest absolute Gasteiger partial charge is 0.366 e. The van der Waals surface area contributed by atoms with Crippen LogP contribution >= 0.6 is 0 Å².